The lowest BCUT2D eigenvalue weighted by molar-refractivity contribution is 0.638. The van der Waals surface area contributed by atoms with Crippen molar-refractivity contribution in [2.75, 3.05) is 0 Å². The number of nitriles is 2. The summed E-state index contributed by atoms with van der Waals surface area (Å²) in [6.07, 6.45) is 4.28. The van der Waals surface area contributed by atoms with Crippen LogP contribution in [0, 0.1) is 36.5 Å². The third kappa shape index (κ3) is 5.38. The van der Waals surface area contributed by atoms with Gasteiger partial charge in [0.05, 0.1) is 44.6 Å². The number of benzene rings is 8. The Hall–Kier alpha value is -7.66. The predicted octanol–water partition coefficient (Wildman–Crippen LogP) is 15.1. The van der Waals surface area contributed by atoms with Crippen LogP contribution in [0.25, 0.3) is 83.0 Å². The van der Waals surface area contributed by atoms with Gasteiger partial charge in [0.1, 0.15) is 12.1 Å². The largest absolute Gasteiger partial charge is 0.308 e. The molecule has 0 saturated carbocycles. The first-order chi connectivity index (χ1) is 30.5. The molecule has 2 heterocycles. The van der Waals surface area contributed by atoms with Gasteiger partial charge in [0.2, 0.25) is 0 Å². The van der Waals surface area contributed by atoms with E-state index in [2.05, 4.69) is 209 Å². The van der Waals surface area contributed by atoms with Gasteiger partial charge in [-0.3, -0.25) is 0 Å². The zero-order valence-corrected chi connectivity index (χ0v) is 36.7. The highest BCUT2D eigenvalue weighted by Gasteiger charge is 2.38. The molecule has 1 aliphatic rings. The van der Waals surface area contributed by atoms with Gasteiger partial charge in [0.15, 0.2) is 0 Å². The highest BCUT2D eigenvalue weighted by Crippen LogP contribution is 2.53. The highest BCUT2D eigenvalue weighted by molar-refractivity contribution is 6.13. The van der Waals surface area contributed by atoms with Gasteiger partial charge in [-0.1, -0.05) is 131 Å². The molecule has 0 saturated heterocycles. The fourth-order valence-corrected chi connectivity index (χ4v) is 11.0. The van der Waals surface area contributed by atoms with E-state index in [1.807, 2.05) is 12.1 Å². The van der Waals surface area contributed by atoms with Crippen LogP contribution in [0.4, 0.5) is 0 Å². The zero-order valence-electron chi connectivity index (χ0n) is 36.7. The molecule has 10 aromatic rings. The number of fused-ring (bicyclic) bond motifs is 10. The number of rotatable bonds is 5. The molecule has 8 aromatic carbocycles. The van der Waals surface area contributed by atoms with Gasteiger partial charge >= 0.3 is 0 Å². The van der Waals surface area contributed by atoms with Gasteiger partial charge in [-0.15, -0.1) is 0 Å². The molecule has 63 heavy (non-hydrogen) atoms. The summed E-state index contributed by atoms with van der Waals surface area (Å²) in [5, 5.41) is 29.1. The number of hydrogen-bond acceptors (Lipinski definition) is 2. The number of aryl methyl sites for hydroxylation is 1. The molecule has 11 rings (SSSR count). The predicted molar refractivity (Wildman–Crippen MR) is 262 cm³/mol. The summed E-state index contributed by atoms with van der Waals surface area (Å²) in [4.78, 5) is 0. The monoisotopic (exact) mass is 810 g/mol. The van der Waals surface area contributed by atoms with Crippen LogP contribution >= 0.6 is 0 Å². The molecule has 0 bridgehead atoms. The van der Waals surface area contributed by atoms with Crippen LogP contribution in [0.5, 0.6) is 0 Å². The van der Waals surface area contributed by atoms with Crippen LogP contribution in [-0.2, 0) is 10.8 Å². The fraction of sp³-hybridized carbons (Fsp3) is 0.153. The molecule has 302 valence electrons. The number of allylic oxidation sites excluding steroid dienone is 1. The lowest BCUT2D eigenvalue weighted by Crippen LogP contribution is -2.20. The Bertz CT molecular complexity index is 3740. The maximum atomic E-state index is 11.1. The van der Waals surface area contributed by atoms with Gasteiger partial charge in [0, 0.05) is 32.4 Å². The number of para-hydroxylation sites is 2. The van der Waals surface area contributed by atoms with Gasteiger partial charge in [-0.2, -0.15) is 10.5 Å². The summed E-state index contributed by atoms with van der Waals surface area (Å²) in [7, 11) is 0. The van der Waals surface area contributed by atoms with Crippen molar-refractivity contribution in [2.24, 2.45) is 0 Å². The molecule has 0 unspecified atom stereocenters. The van der Waals surface area contributed by atoms with E-state index >= 15 is 0 Å². The molecular weight excluding hydrogens is 765 g/mol. The summed E-state index contributed by atoms with van der Waals surface area (Å²) in [5.74, 6) is 0. The van der Waals surface area contributed by atoms with E-state index in [0.717, 1.165) is 49.2 Å². The van der Waals surface area contributed by atoms with Gasteiger partial charge in [0.25, 0.3) is 0 Å². The SMILES string of the molecule is C/C=C\c1ccc2c(c1C)-c1cc3c(cc1C2(C)C)c1ccccc1n3-c1cc(C#N)c(-n2c3ccccc3c3cc(C(C)(C)c4ccc5ccccc5c4)c(C)cc32)cc1C#N. The molecule has 0 spiro atoms. The van der Waals surface area contributed by atoms with Crippen LogP contribution < -0.4 is 0 Å². The quantitative estimate of drug-likeness (QED) is 0.174. The second-order valence-electron chi connectivity index (χ2n) is 18.4. The summed E-state index contributed by atoms with van der Waals surface area (Å²) >= 11 is 0. The van der Waals surface area contributed by atoms with Gasteiger partial charge in [-0.25, -0.2) is 0 Å². The van der Waals surface area contributed by atoms with E-state index in [4.69, 9.17) is 0 Å². The van der Waals surface area contributed by atoms with E-state index in [-0.39, 0.29) is 10.8 Å². The van der Waals surface area contributed by atoms with Crippen molar-refractivity contribution < 1.29 is 0 Å². The molecule has 0 amide bonds. The fourth-order valence-electron chi connectivity index (χ4n) is 11.0. The maximum absolute atomic E-state index is 11.1. The first-order valence-corrected chi connectivity index (χ1v) is 21.8. The molecule has 0 aliphatic heterocycles. The lowest BCUT2D eigenvalue weighted by Gasteiger charge is -2.29. The first kappa shape index (κ1) is 38.3. The number of aromatic nitrogens is 2. The summed E-state index contributed by atoms with van der Waals surface area (Å²) in [6, 6.07) is 55.1. The minimum atomic E-state index is -0.285. The van der Waals surface area contributed by atoms with E-state index in [1.165, 1.54) is 55.3 Å². The average Bonchev–Trinajstić information content (AvgIpc) is 3.87. The minimum Gasteiger partial charge on any atom is -0.308 e. The second kappa shape index (κ2) is 13.7. The molecular formula is C59H46N4. The normalized spacial score (nSPS) is 13.3. The molecule has 0 radical (unpaired) electrons. The van der Waals surface area contributed by atoms with Crippen molar-refractivity contribution >= 4 is 60.5 Å². The Morgan fingerprint density at radius 2 is 1.16 bits per heavy atom. The lowest BCUT2D eigenvalue weighted by atomic mass is 9.75. The molecule has 4 nitrogen and oxygen atoms in total. The minimum absolute atomic E-state index is 0.192. The third-order valence-electron chi connectivity index (χ3n) is 14.3. The van der Waals surface area contributed by atoms with Crippen LogP contribution in [0.1, 0.15) is 84.7 Å². The second-order valence-corrected chi connectivity index (χ2v) is 18.4. The van der Waals surface area contributed by atoms with Crippen LogP contribution in [0.3, 0.4) is 0 Å². The Morgan fingerprint density at radius 3 is 1.79 bits per heavy atom. The van der Waals surface area contributed by atoms with Gasteiger partial charge in [-0.05, 0) is 130 Å². The summed E-state index contributed by atoms with van der Waals surface area (Å²) < 4.78 is 4.40. The van der Waals surface area contributed by atoms with Crippen molar-refractivity contribution in [3.63, 3.8) is 0 Å². The zero-order chi connectivity index (χ0) is 43.5. The van der Waals surface area contributed by atoms with E-state index in [9.17, 15) is 10.5 Å². The van der Waals surface area contributed by atoms with Gasteiger partial charge < -0.3 is 9.13 Å². The van der Waals surface area contributed by atoms with E-state index in [1.54, 1.807) is 0 Å². The Kier molecular flexibility index (Phi) is 8.31. The van der Waals surface area contributed by atoms with E-state index < -0.39 is 0 Å². The van der Waals surface area contributed by atoms with Crippen molar-refractivity contribution in [2.45, 2.75) is 59.3 Å². The van der Waals surface area contributed by atoms with Crippen LogP contribution in [0.2, 0.25) is 0 Å². The van der Waals surface area contributed by atoms with Crippen LogP contribution in [-0.4, -0.2) is 9.13 Å². The van der Waals surface area contributed by atoms with Crippen LogP contribution in [0.15, 0.2) is 146 Å². The number of hydrogen-bond donors (Lipinski definition) is 0. The molecule has 0 atom stereocenters. The third-order valence-corrected chi connectivity index (χ3v) is 14.3. The highest BCUT2D eigenvalue weighted by atomic mass is 15.0. The smallest absolute Gasteiger partial charge is 0.101 e. The average molecular weight is 811 g/mol. The molecule has 1 aliphatic carbocycles. The molecule has 0 N–H and O–H groups in total. The number of nitrogens with zero attached hydrogens (tertiary/aromatic N) is 4. The molecule has 4 heteroatoms. The van der Waals surface area contributed by atoms with Crippen molar-refractivity contribution in [1.82, 2.24) is 9.13 Å². The Labute approximate surface area is 368 Å². The van der Waals surface area contributed by atoms with Crippen molar-refractivity contribution in [1.29, 1.82) is 10.5 Å². The Balaban J connectivity index is 1.14. The first-order valence-electron chi connectivity index (χ1n) is 21.8. The topological polar surface area (TPSA) is 57.4 Å². The summed E-state index contributed by atoms with van der Waals surface area (Å²) in [6.45, 7) is 15.7. The summed E-state index contributed by atoms with van der Waals surface area (Å²) in [5.41, 5.74) is 17.2. The standard InChI is InChI=1S/C59H46N4/c1-8-15-37-23-25-48-57(36(37)3)47-32-56-46(31-50(47)59(48,6)7)44-19-12-14-21-52(44)63(56)54-29-40(33-60)53(28-41(54)34-61)62-51-20-13-11-18-43(51)45-30-49(35(2)26-55(45)62)58(4,5)42-24-22-38-16-9-10-17-39(38)27-42/h8-32H,1-7H3/b15-8-. The molecule has 0 fully saturated rings. The Morgan fingerprint density at radius 1 is 0.571 bits per heavy atom. The van der Waals surface area contributed by atoms with E-state index in [0.29, 0.717) is 22.5 Å². The molecule has 2 aromatic heterocycles. The maximum Gasteiger partial charge on any atom is 0.101 e. The van der Waals surface area contributed by atoms with Crippen molar-refractivity contribution in [3.05, 3.63) is 196 Å². The van der Waals surface area contributed by atoms with Crippen molar-refractivity contribution in [3.8, 4) is 34.6 Å².